The highest BCUT2D eigenvalue weighted by Gasteiger charge is 2.30. The number of aromatic nitrogens is 3. The smallest absolute Gasteiger partial charge is 0.256 e. The van der Waals surface area contributed by atoms with Crippen molar-refractivity contribution in [1.29, 1.82) is 0 Å². The standard InChI is InChI=1S/C14H15FN4O/c15-13-10(3-2-6-17-13)14(20)18-11-4-1-5-12(11)19-8-7-16-9-19/h2-3,6-9,11-12H,1,4-5H2,(H,18,20). The van der Waals surface area contributed by atoms with E-state index in [-0.39, 0.29) is 17.6 Å². The number of hydrogen-bond acceptors (Lipinski definition) is 3. The molecule has 6 heteroatoms. The summed E-state index contributed by atoms with van der Waals surface area (Å²) in [6.45, 7) is 0. The van der Waals surface area contributed by atoms with Gasteiger partial charge in [-0.15, -0.1) is 0 Å². The minimum atomic E-state index is -0.734. The molecule has 1 aliphatic rings. The second kappa shape index (κ2) is 5.40. The molecule has 1 amide bonds. The molecule has 0 aliphatic heterocycles. The average molecular weight is 274 g/mol. The molecule has 0 saturated heterocycles. The second-order valence-corrected chi connectivity index (χ2v) is 4.93. The third kappa shape index (κ3) is 2.41. The summed E-state index contributed by atoms with van der Waals surface area (Å²) in [5, 5.41) is 2.91. The van der Waals surface area contributed by atoms with Crippen molar-refractivity contribution in [2.24, 2.45) is 0 Å². The van der Waals surface area contributed by atoms with E-state index in [1.807, 2.05) is 10.8 Å². The van der Waals surface area contributed by atoms with Gasteiger partial charge in [0.25, 0.3) is 5.91 Å². The van der Waals surface area contributed by atoms with Crippen LogP contribution in [-0.4, -0.2) is 26.5 Å². The van der Waals surface area contributed by atoms with E-state index in [1.165, 1.54) is 12.3 Å². The zero-order valence-electron chi connectivity index (χ0n) is 10.9. The molecule has 3 rings (SSSR count). The van der Waals surface area contributed by atoms with Gasteiger partial charge in [0.1, 0.15) is 0 Å². The summed E-state index contributed by atoms with van der Waals surface area (Å²) in [7, 11) is 0. The predicted octanol–water partition coefficient (Wildman–Crippen LogP) is 1.94. The van der Waals surface area contributed by atoms with Gasteiger partial charge in [-0.2, -0.15) is 4.39 Å². The van der Waals surface area contributed by atoms with Crippen LogP contribution in [0.25, 0.3) is 0 Å². The van der Waals surface area contributed by atoms with Crippen molar-refractivity contribution < 1.29 is 9.18 Å². The molecule has 20 heavy (non-hydrogen) atoms. The van der Waals surface area contributed by atoms with Gasteiger partial charge >= 0.3 is 0 Å². The number of hydrogen-bond donors (Lipinski definition) is 1. The van der Waals surface area contributed by atoms with Gasteiger partial charge in [-0.05, 0) is 31.4 Å². The van der Waals surface area contributed by atoms with Crippen LogP contribution in [0.5, 0.6) is 0 Å². The number of amides is 1. The molecule has 1 saturated carbocycles. The Kier molecular flexibility index (Phi) is 3.45. The maximum absolute atomic E-state index is 13.5. The lowest BCUT2D eigenvalue weighted by atomic mass is 10.1. The molecule has 0 aromatic carbocycles. The second-order valence-electron chi connectivity index (χ2n) is 4.93. The molecule has 2 heterocycles. The monoisotopic (exact) mass is 274 g/mol. The highest BCUT2D eigenvalue weighted by atomic mass is 19.1. The molecular weight excluding hydrogens is 259 g/mol. The fourth-order valence-corrected chi connectivity index (χ4v) is 2.73. The van der Waals surface area contributed by atoms with Crippen LogP contribution in [0.15, 0.2) is 37.1 Å². The lowest BCUT2D eigenvalue weighted by Crippen LogP contribution is -2.38. The molecule has 2 atom stereocenters. The zero-order valence-corrected chi connectivity index (χ0v) is 10.9. The summed E-state index contributed by atoms with van der Waals surface area (Å²) in [4.78, 5) is 19.7. The van der Waals surface area contributed by atoms with Crippen LogP contribution < -0.4 is 5.32 Å². The lowest BCUT2D eigenvalue weighted by molar-refractivity contribution is 0.0924. The highest BCUT2D eigenvalue weighted by molar-refractivity contribution is 5.94. The molecule has 5 nitrogen and oxygen atoms in total. The van der Waals surface area contributed by atoms with Gasteiger partial charge < -0.3 is 9.88 Å². The minimum absolute atomic E-state index is 0.00342. The molecule has 1 N–H and O–H groups in total. The van der Waals surface area contributed by atoms with Crippen LogP contribution in [0.3, 0.4) is 0 Å². The van der Waals surface area contributed by atoms with Gasteiger partial charge in [0.2, 0.25) is 5.95 Å². The molecule has 104 valence electrons. The average Bonchev–Trinajstić information content (AvgIpc) is 3.09. The number of pyridine rings is 1. The van der Waals surface area contributed by atoms with Gasteiger partial charge in [-0.3, -0.25) is 4.79 Å². The van der Waals surface area contributed by atoms with Crippen molar-refractivity contribution in [3.63, 3.8) is 0 Å². The van der Waals surface area contributed by atoms with Crippen LogP contribution in [0, 0.1) is 5.95 Å². The number of imidazole rings is 1. The van der Waals surface area contributed by atoms with Crippen LogP contribution >= 0.6 is 0 Å². The van der Waals surface area contributed by atoms with E-state index in [0.29, 0.717) is 0 Å². The predicted molar refractivity (Wildman–Crippen MR) is 70.6 cm³/mol. The third-order valence-electron chi connectivity index (χ3n) is 3.71. The molecule has 1 fully saturated rings. The quantitative estimate of drug-likeness (QED) is 0.870. The SMILES string of the molecule is O=C(NC1CCCC1n1ccnc1)c1cccnc1F. The Morgan fingerprint density at radius 2 is 2.30 bits per heavy atom. The van der Waals surface area contributed by atoms with E-state index in [1.54, 1.807) is 18.6 Å². The molecule has 1 aliphatic carbocycles. The number of nitrogens with zero attached hydrogens (tertiary/aromatic N) is 3. The molecular formula is C14H15FN4O. The molecule has 0 spiro atoms. The Morgan fingerprint density at radius 3 is 3.05 bits per heavy atom. The molecule has 2 aromatic heterocycles. The fourth-order valence-electron chi connectivity index (χ4n) is 2.73. The van der Waals surface area contributed by atoms with Crippen LogP contribution in [0.4, 0.5) is 4.39 Å². The maximum Gasteiger partial charge on any atom is 0.256 e. The number of halogens is 1. The van der Waals surface area contributed by atoms with Crippen LogP contribution in [0.2, 0.25) is 0 Å². The Labute approximate surface area is 115 Å². The summed E-state index contributed by atoms with van der Waals surface area (Å²) in [5.41, 5.74) is -0.0104. The number of rotatable bonds is 3. The first-order chi connectivity index (χ1) is 9.75. The molecule has 0 bridgehead atoms. The first kappa shape index (κ1) is 12.8. The summed E-state index contributed by atoms with van der Waals surface area (Å²) in [6, 6.07) is 3.18. The Bertz CT molecular complexity index is 599. The van der Waals surface area contributed by atoms with Gasteiger partial charge in [0, 0.05) is 24.6 Å². The first-order valence-corrected chi connectivity index (χ1v) is 6.64. The topological polar surface area (TPSA) is 59.8 Å². The zero-order chi connectivity index (χ0) is 13.9. The van der Waals surface area contributed by atoms with Gasteiger partial charge in [0.05, 0.1) is 17.9 Å². The van der Waals surface area contributed by atoms with Crippen LogP contribution in [0.1, 0.15) is 35.7 Å². The summed E-state index contributed by atoms with van der Waals surface area (Å²) >= 11 is 0. The maximum atomic E-state index is 13.5. The van der Waals surface area contributed by atoms with Crippen molar-refractivity contribution in [2.45, 2.75) is 31.3 Å². The minimum Gasteiger partial charge on any atom is -0.347 e. The van der Waals surface area contributed by atoms with Crippen LogP contribution in [-0.2, 0) is 0 Å². The van der Waals surface area contributed by atoms with E-state index in [9.17, 15) is 9.18 Å². The third-order valence-corrected chi connectivity index (χ3v) is 3.71. The summed E-state index contributed by atoms with van der Waals surface area (Å²) < 4.78 is 15.5. The summed E-state index contributed by atoms with van der Waals surface area (Å²) in [5.74, 6) is -1.14. The highest BCUT2D eigenvalue weighted by Crippen LogP contribution is 2.30. The first-order valence-electron chi connectivity index (χ1n) is 6.64. The molecule has 0 radical (unpaired) electrons. The van der Waals surface area contributed by atoms with Crippen molar-refractivity contribution in [3.05, 3.63) is 48.6 Å². The Morgan fingerprint density at radius 1 is 1.40 bits per heavy atom. The van der Waals surface area contributed by atoms with Crippen molar-refractivity contribution in [1.82, 2.24) is 19.9 Å². The molecule has 2 aromatic rings. The summed E-state index contributed by atoms with van der Waals surface area (Å²) in [6.07, 6.45) is 9.59. The van der Waals surface area contributed by atoms with E-state index in [2.05, 4.69) is 15.3 Å². The van der Waals surface area contributed by atoms with Gasteiger partial charge in [-0.1, -0.05) is 0 Å². The fraction of sp³-hybridized carbons (Fsp3) is 0.357. The van der Waals surface area contributed by atoms with E-state index in [4.69, 9.17) is 0 Å². The molecule has 2 unspecified atom stereocenters. The number of carbonyl (C=O) groups is 1. The largest absolute Gasteiger partial charge is 0.347 e. The van der Waals surface area contributed by atoms with Gasteiger partial charge in [-0.25, -0.2) is 9.97 Å². The van der Waals surface area contributed by atoms with Crippen molar-refractivity contribution in [2.75, 3.05) is 0 Å². The van der Waals surface area contributed by atoms with E-state index in [0.717, 1.165) is 19.3 Å². The van der Waals surface area contributed by atoms with Crippen molar-refractivity contribution >= 4 is 5.91 Å². The van der Waals surface area contributed by atoms with E-state index < -0.39 is 11.9 Å². The Hall–Kier alpha value is -2.24. The van der Waals surface area contributed by atoms with Crippen molar-refractivity contribution in [3.8, 4) is 0 Å². The number of nitrogens with one attached hydrogen (secondary N) is 1. The number of carbonyl (C=O) groups excluding carboxylic acids is 1. The van der Waals surface area contributed by atoms with Gasteiger partial charge in [0.15, 0.2) is 0 Å². The van der Waals surface area contributed by atoms with E-state index >= 15 is 0 Å². The Balaban J connectivity index is 1.74. The normalized spacial score (nSPS) is 21.9. The lowest BCUT2D eigenvalue weighted by Gasteiger charge is -2.22.